The Morgan fingerprint density at radius 2 is 1.75 bits per heavy atom. The molecule has 0 saturated carbocycles. The van der Waals surface area contributed by atoms with E-state index in [1.54, 1.807) is 0 Å². The highest BCUT2D eigenvalue weighted by Gasteiger charge is 2.22. The van der Waals surface area contributed by atoms with Crippen molar-refractivity contribution in [1.29, 1.82) is 0 Å². The highest BCUT2D eigenvalue weighted by Crippen LogP contribution is 2.16. The fraction of sp³-hybridized carbons (Fsp3) is 0.562. The van der Waals surface area contributed by atoms with Gasteiger partial charge in [-0.15, -0.1) is 0 Å². The van der Waals surface area contributed by atoms with Gasteiger partial charge in [-0.05, 0) is 32.4 Å². The molecule has 4 heteroatoms. The largest absolute Gasteiger partial charge is 0.370 e. The lowest BCUT2D eigenvalue weighted by Crippen LogP contribution is -2.44. The molecule has 0 radical (unpaired) electrons. The van der Waals surface area contributed by atoms with Gasteiger partial charge in [0.15, 0.2) is 0 Å². The number of benzene rings is 1. The lowest BCUT2D eigenvalue weighted by molar-refractivity contribution is 0.160. The third kappa shape index (κ3) is 3.44. The molecule has 0 spiro atoms. The van der Waals surface area contributed by atoms with Crippen LogP contribution in [0.25, 0.3) is 0 Å². The van der Waals surface area contributed by atoms with E-state index in [4.69, 9.17) is 0 Å². The molecule has 0 aliphatic carbocycles. The third-order valence-electron chi connectivity index (χ3n) is 3.92. The van der Waals surface area contributed by atoms with Crippen molar-refractivity contribution in [3.8, 4) is 0 Å². The van der Waals surface area contributed by atoms with Gasteiger partial charge in [-0.25, -0.2) is 4.79 Å². The van der Waals surface area contributed by atoms with Gasteiger partial charge >= 0.3 is 6.03 Å². The summed E-state index contributed by atoms with van der Waals surface area (Å²) in [7, 11) is 0. The molecule has 4 nitrogen and oxygen atoms in total. The molecular weight excluding hydrogens is 250 g/mol. The predicted molar refractivity (Wildman–Crippen MR) is 83.2 cm³/mol. The Morgan fingerprint density at radius 3 is 2.40 bits per heavy atom. The second-order valence-corrected chi connectivity index (χ2v) is 5.12. The number of para-hydroxylation sites is 1. The molecule has 1 fully saturated rings. The van der Waals surface area contributed by atoms with Crippen LogP contribution in [0, 0.1) is 0 Å². The number of urea groups is 1. The minimum atomic E-state index is 0.185. The Hall–Kier alpha value is -1.71. The van der Waals surface area contributed by atoms with Crippen molar-refractivity contribution >= 4 is 11.7 Å². The lowest BCUT2D eigenvalue weighted by Gasteiger charge is -2.28. The molecular formula is C16H25N3O. The summed E-state index contributed by atoms with van der Waals surface area (Å²) >= 11 is 0. The number of rotatable bonds is 3. The Bertz CT molecular complexity index is 417. The summed E-state index contributed by atoms with van der Waals surface area (Å²) < 4.78 is 0. The van der Waals surface area contributed by atoms with E-state index < -0.39 is 0 Å². The molecule has 2 rings (SSSR count). The minimum Gasteiger partial charge on any atom is -0.370 e. The van der Waals surface area contributed by atoms with Crippen LogP contribution in [0.3, 0.4) is 0 Å². The lowest BCUT2D eigenvalue weighted by atomic mass is 10.3. The summed E-state index contributed by atoms with van der Waals surface area (Å²) in [5.41, 5.74) is 1.25. The average Bonchev–Trinajstić information content (AvgIpc) is 2.75. The Balaban J connectivity index is 1.97. The Morgan fingerprint density at radius 1 is 1.05 bits per heavy atom. The maximum Gasteiger partial charge on any atom is 0.320 e. The van der Waals surface area contributed by atoms with E-state index in [0.29, 0.717) is 0 Å². The summed E-state index contributed by atoms with van der Waals surface area (Å²) in [5, 5.41) is 0. The molecule has 0 unspecified atom stereocenters. The molecule has 0 bridgehead atoms. The van der Waals surface area contributed by atoms with Crippen LogP contribution in [0.5, 0.6) is 0 Å². The van der Waals surface area contributed by atoms with E-state index in [-0.39, 0.29) is 6.03 Å². The molecule has 1 aromatic carbocycles. The summed E-state index contributed by atoms with van der Waals surface area (Å²) in [6.07, 6.45) is 1.03. The molecule has 0 atom stereocenters. The van der Waals surface area contributed by atoms with Gasteiger partial charge in [-0.3, -0.25) is 0 Å². The van der Waals surface area contributed by atoms with Crippen LogP contribution < -0.4 is 4.90 Å². The summed E-state index contributed by atoms with van der Waals surface area (Å²) in [5.74, 6) is 0. The van der Waals surface area contributed by atoms with Gasteiger partial charge in [0.05, 0.1) is 0 Å². The monoisotopic (exact) mass is 275 g/mol. The van der Waals surface area contributed by atoms with Crippen molar-refractivity contribution < 1.29 is 4.79 Å². The third-order valence-corrected chi connectivity index (χ3v) is 3.92. The smallest absolute Gasteiger partial charge is 0.320 e. The normalized spacial score (nSPS) is 15.9. The maximum atomic E-state index is 12.4. The number of hydrogen-bond acceptors (Lipinski definition) is 2. The predicted octanol–water partition coefficient (Wildman–Crippen LogP) is 2.66. The van der Waals surface area contributed by atoms with Gasteiger partial charge in [0.2, 0.25) is 0 Å². The molecule has 1 saturated heterocycles. The summed E-state index contributed by atoms with van der Waals surface area (Å²) in [6, 6.07) is 10.6. The number of carbonyl (C=O) groups excluding carboxylic acids is 1. The SMILES string of the molecule is CCN(CC)C(=O)N1CCCN(c2ccccc2)CC1. The Kier molecular flexibility index (Phi) is 5.27. The van der Waals surface area contributed by atoms with E-state index in [1.807, 2.05) is 29.7 Å². The molecule has 0 aromatic heterocycles. The second kappa shape index (κ2) is 7.17. The quantitative estimate of drug-likeness (QED) is 0.848. The maximum absolute atomic E-state index is 12.4. The number of carbonyl (C=O) groups is 1. The fourth-order valence-electron chi connectivity index (χ4n) is 2.70. The van der Waals surface area contributed by atoms with Crippen molar-refractivity contribution in [2.24, 2.45) is 0 Å². The van der Waals surface area contributed by atoms with Crippen LogP contribution in [0.1, 0.15) is 20.3 Å². The summed E-state index contributed by atoms with van der Waals surface area (Å²) in [4.78, 5) is 18.7. The van der Waals surface area contributed by atoms with E-state index >= 15 is 0 Å². The number of amides is 2. The molecule has 1 aliphatic heterocycles. The van der Waals surface area contributed by atoms with Crippen LogP contribution in [0.2, 0.25) is 0 Å². The zero-order valence-corrected chi connectivity index (χ0v) is 12.6. The molecule has 1 heterocycles. The van der Waals surface area contributed by atoms with Gasteiger partial charge in [0.25, 0.3) is 0 Å². The van der Waals surface area contributed by atoms with Crippen LogP contribution in [-0.4, -0.2) is 55.1 Å². The van der Waals surface area contributed by atoms with Crippen molar-refractivity contribution in [1.82, 2.24) is 9.80 Å². The van der Waals surface area contributed by atoms with Gasteiger partial charge in [-0.1, -0.05) is 18.2 Å². The van der Waals surface area contributed by atoms with E-state index in [0.717, 1.165) is 45.7 Å². The standard InChI is InChI=1S/C16H25N3O/c1-3-17(4-2)16(20)19-12-8-11-18(13-14-19)15-9-6-5-7-10-15/h5-7,9-10H,3-4,8,11-14H2,1-2H3. The molecule has 110 valence electrons. The van der Waals surface area contributed by atoms with Crippen LogP contribution in [-0.2, 0) is 0 Å². The average molecular weight is 275 g/mol. The zero-order valence-electron chi connectivity index (χ0n) is 12.6. The Labute approximate surface area is 122 Å². The van der Waals surface area contributed by atoms with Crippen LogP contribution in [0.15, 0.2) is 30.3 Å². The van der Waals surface area contributed by atoms with E-state index in [9.17, 15) is 4.79 Å². The van der Waals surface area contributed by atoms with Gasteiger partial charge in [0.1, 0.15) is 0 Å². The first-order valence-electron chi connectivity index (χ1n) is 7.60. The van der Waals surface area contributed by atoms with Gasteiger partial charge in [-0.2, -0.15) is 0 Å². The molecule has 1 aliphatic rings. The fourth-order valence-corrected chi connectivity index (χ4v) is 2.70. The second-order valence-electron chi connectivity index (χ2n) is 5.12. The molecule has 0 N–H and O–H groups in total. The highest BCUT2D eigenvalue weighted by molar-refractivity contribution is 5.74. The number of nitrogens with zero attached hydrogens (tertiary/aromatic N) is 3. The first kappa shape index (κ1) is 14.7. The van der Waals surface area contributed by atoms with Crippen molar-refractivity contribution in [3.05, 3.63) is 30.3 Å². The van der Waals surface area contributed by atoms with Crippen molar-refractivity contribution in [2.45, 2.75) is 20.3 Å². The topological polar surface area (TPSA) is 26.8 Å². The number of anilines is 1. The van der Waals surface area contributed by atoms with Crippen LogP contribution in [0.4, 0.5) is 10.5 Å². The highest BCUT2D eigenvalue weighted by atomic mass is 16.2. The van der Waals surface area contributed by atoms with Crippen LogP contribution >= 0.6 is 0 Å². The van der Waals surface area contributed by atoms with Gasteiger partial charge < -0.3 is 14.7 Å². The van der Waals surface area contributed by atoms with Crippen molar-refractivity contribution in [3.63, 3.8) is 0 Å². The number of hydrogen-bond donors (Lipinski definition) is 0. The molecule has 20 heavy (non-hydrogen) atoms. The van der Waals surface area contributed by atoms with E-state index in [1.165, 1.54) is 5.69 Å². The summed E-state index contributed by atoms with van der Waals surface area (Å²) in [6.45, 7) is 9.25. The first-order chi connectivity index (χ1) is 9.76. The van der Waals surface area contributed by atoms with Crippen molar-refractivity contribution in [2.75, 3.05) is 44.2 Å². The first-order valence-corrected chi connectivity index (χ1v) is 7.60. The molecule has 2 amide bonds. The zero-order chi connectivity index (χ0) is 14.4. The minimum absolute atomic E-state index is 0.185. The van der Waals surface area contributed by atoms with E-state index in [2.05, 4.69) is 29.2 Å². The molecule has 1 aromatic rings. The van der Waals surface area contributed by atoms with Gasteiger partial charge in [0, 0.05) is 45.0 Å².